The largest absolute Gasteiger partial charge is 0.351 e. The van der Waals surface area contributed by atoms with Crippen LogP contribution in [0.5, 0.6) is 0 Å². The number of nitrogens with two attached hydrogens (primary N) is 2. The highest BCUT2D eigenvalue weighted by atomic mass is 19.1. The Kier molecular flexibility index (Phi) is 10.2. The highest BCUT2D eigenvalue weighted by Gasteiger charge is 2.40. The summed E-state index contributed by atoms with van der Waals surface area (Å²) in [6.07, 6.45) is 4.11. The second kappa shape index (κ2) is 13.7. The van der Waals surface area contributed by atoms with E-state index in [2.05, 4.69) is 34.4 Å². The van der Waals surface area contributed by atoms with Crippen LogP contribution >= 0.6 is 0 Å². The van der Waals surface area contributed by atoms with Gasteiger partial charge in [-0.1, -0.05) is 26.3 Å². The van der Waals surface area contributed by atoms with Crippen molar-refractivity contribution in [1.29, 1.82) is 0 Å². The number of amides is 2. The Labute approximate surface area is 254 Å². The number of benzene rings is 1. The Morgan fingerprint density at radius 2 is 1.93 bits per heavy atom. The number of alkyl halides is 1. The van der Waals surface area contributed by atoms with Crippen molar-refractivity contribution in [3.8, 4) is 0 Å². The molecular formula is C32H49F2N7O2. The number of hydrogen-bond donors (Lipinski definition) is 4. The fourth-order valence-corrected chi connectivity index (χ4v) is 7.51. The van der Waals surface area contributed by atoms with Crippen LogP contribution in [-0.4, -0.2) is 97.6 Å². The van der Waals surface area contributed by atoms with E-state index in [9.17, 15) is 14.0 Å². The van der Waals surface area contributed by atoms with E-state index >= 15 is 4.39 Å². The quantitative estimate of drug-likeness (QED) is 0.356. The van der Waals surface area contributed by atoms with Crippen LogP contribution in [0.15, 0.2) is 23.2 Å². The van der Waals surface area contributed by atoms with Gasteiger partial charge in [0.05, 0.1) is 18.1 Å². The Morgan fingerprint density at radius 1 is 1.16 bits per heavy atom. The number of nitrogens with zero attached hydrogens (tertiary/aromatic N) is 3. The monoisotopic (exact) mass is 601 g/mol. The van der Waals surface area contributed by atoms with Gasteiger partial charge < -0.3 is 31.9 Å². The van der Waals surface area contributed by atoms with Crippen molar-refractivity contribution >= 4 is 18.0 Å². The molecule has 6 atom stereocenters. The number of carbonyl (C=O) groups is 2. The minimum Gasteiger partial charge on any atom is -0.351 e. The SMILES string of the molecule is CCC1(C)CCC(F)/C=N\C(C(C(=O)NC2CNCCC2c2ccc(C(=O)N3CCN4CCC3CC4)cc2F)C(N)N)C1. The summed E-state index contributed by atoms with van der Waals surface area (Å²) in [6.45, 7) is 8.79. The zero-order chi connectivity index (χ0) is 30.7. The normalized spacial score (nSPS) is 34.6. The van der Waals surface area contributed by atoms with Crippen molar-refractivity contribution in [2.45, 2.75) is 95.2 Å². The number of rotatable bonds is 7. The lowest BCUT2D eigenvalue weighted by molar-refractivity contribution is -0.127. The predicted molar refractivity (Wildman–Crippen MR) is 164 cm³/mol. The summed E-state index contributed by atoms with van der Waals surface area (Å²) in [5, 5.41) is 6.41. The van der Waals surface area contributed by atoms with Crippen molar-refractivity contribution in [3.05, 3.63) is 35.1 Å². The molecule has 5 aliphatic heterocycles. The highest BCUT2D eigenvalue weighted by molar-refractivity contribution is 5.94. The lowest BCUT2D eigenvalue weighted by atomic mass is 9.73. The number of piperidine rings is 2. The zero-order valence-corrected chi connectivity index (χ0v) is 25.6. The minimum absolute atomic E-state index is 0.122. The lowest BCUT2D eigenvalue weighted by Gasteiger charge is -2.38. The number of hydrogen-bond acceptors (Lipinski definition) is 7. The molecule has 0 saturated carbocycles. The molecule has 4 fully saturated rings. The standard InChI is InChI=1S/C32H49F2N7O2/c1-3-32(2)10-6-21(33)18-38-26(17-32)28(29(35)36)30(42)39-27-19-37-11-7-24(27)23-5-4-20(16-25(23)34)31(43)41-15-14-40-12-8-22(41)9-13-40/h4-5,16,18,21-22,24,26-29,37H,3,6-15,17,19,35-36H2,1-2H3,(H,39,42)/b38-18-. The number of fused-ring (bicyclic) bond motifs is 4. The lowest BCUT2D eigenvalue weighted by Crippen LogP contribution is -2.57. The molecular weight excluding hydrogens is 552 g/mol. The Bertz CT molecular complexity index is 1170. The van der Waals surface area contributed by atoms with Crippen LogP contribution < -0.4 is 22.1 Å². The molecule has 5 aliphatic rings. The molecule has 2 amide bonds. The first-order valence-electron chi connectivity index (χ1n) is 16.1. The van der Waals surface area contributed by atoms with Crippen molar-refractivity contribution in [2.24, 2.45) is 27.8 Å². The van der Waals surface area contributed by atoms with Gasteiger partial charge in [-0.05, 0) is 68.2 Å². The summed E-state index contributed by atoms with van der Waals surface area (Å²) < 4.78 is 30.2. The topological polar surface area (TPSA) is 129 Å². The summed E-state index contributed by atoms with van der Waals surface area (Å²) in [7, 11) is 0. The number of nitrogens with one attached hydrogen (secondary N) is 2. The van der Waals surface area contributed by atoms with Gasteiger partial charge in [0, 0.05) is 62.5 Å². The van der Waals surface area contributed by atoms with Gasteiger partial charge in [-0.2, -0.15) is 0 Å². The molecule has 4 saturated heterocycles. The van der Waals surface area contributed by atoms with Crippen LogP contribution in [0.2, 0.25) is 0 Å². The smallest absolute Gasteiger partial charge is 0.254 e. The molecule has 43 heavy (non-hydrogen) atoms. The van der Waals surface area contributed by atoms with E-state index in [4.69, 9.17) is 11.5 Å². The first-order valence-corrected chi connectivity index (χ1v) is 16.1. The number of aliphatic imine (C=N–C) groups is 1. The first kappa shape index (κ1) is 31.9. The van der Waals surface area contributed by atoms with Gasteiger partial charge in [-0.25, -0.2) is 8.78 Å². The third-order valence-electron chi connectivity index (χ3n) is 10.5. The van der Waals surface area contributed by atoms with E-state index in [1.54, 1.807) is 12.1 Å². The average Bonchev–Trinajstić information content (AvgIpc) is 3.32. The van der Waals surface area contributed by atoms with E-state index in [1.165, 1.54) is 12.3 Å². The molecule has 0 radical (unpaired) electrons. The van der Waals surface area contributed by atoms with Crippen LogP contribution in [0, 0.1) is 17.2 Å². The molecule has 0 spiro atoms. The molecule has 6 unspecified atom stereocenters. The minimum atomic E-state index is -1.18. The summed E-state index contributed by atoms with van der Waals surface area (Å²) >= 11 is 0. The summed E-state index contributed by atoms with van der Waals surface area (Å²) in [5.41, 5.74) is 13.0. The Hall–Kier alpha value is -2.47. The molecule has 6 rings (SSSR count). The van der Waals surface area contributed by atoms with Gasteiger partial charge in [-0.3, -0.25) is 14.6 Å². The van der Waals surface area contributed by atoms with Crippen molar-refractivity contribution in [2.75, 3.05) is 39.3 Å². The maximum absolute atomic E-state index is 15.8. The maximum Gasteiger partial charge on any atom is 0.254 e. The van der Waals surface area contributed by atoms with Gasteiger partial charge in [0.1, 0.15) is 12.0 Å². The Balaban J connectivity index is 1.32. The van der Waals surface area contributed by atoms with Crippen molar-refractivity contribution in [3.63, 3.8) is 0 Å². The van der Waals surface area contributed by atoms with Gasteiger partial charge in [-0.15, -0.1) is 0 Å². The van der Waals surface area contributed by atoms with E-state index in [0.717, 1.165) is 38.9 Å². The highest BCUT2D eigenvalue weighted by Crippen LogP contribution is 2.38. The van der Waals surface area contributed by atoms with Crippen LogP contribution in [0.3, 0.4) is 0 Å². The molecule has 1 aromatic carbocycles. The summed E-state index contributed by atoms with van der Waals surface area (Å²) in [6, 6.07) is 4.00. The third-order valence-corrected chi connectivity index (χ3v) is 10.5. The molecule has 1 aromatic rings. The van der Waals surface area contributed by atoms with E-state index in [0.29, 0.717) is 56.4 Å². The summed E-state index contributed by atoms with van der Waals surface area (Å²) in [4.78, 5) is 36.0. The molecule has 11 heteroatoms. The second-order valence-corrected chi connectivity index (χ2v) is 13.4. The second-order valence-electron chi connectivity index (χ2n) is 13.4. The Morgan fingerprint density at radius 3 is 2.63 bits per heavy atom. The van der Waals surface area contributed by atoms with Gasteiger partial charge in [0.15, 0.2) is 0 Å². The van der Waals surface area contributed by atoms with E-state index < -0.39 is 36.2 Å². The molecule has 0 aliphatic carbocycles. The fraction of sp³-hybridized carbons (Fsp3) is 0.719. The maximum atomic E-state index is 15.8. The third kappa shape index (κ3) is 7.27. The average molecular weight is 602 g/mol. The van der Waals surface area contributed by atoms with Crippen LogP contribution in [-0.2, 0) is 4.79 Å². The molecule has 6 N–H and O–H groups in total. The summed E-state index contributed by atoms with van der Waals surface area (Å²) in [5.74, 6) is -2.08. The van der Waals surface area contributed by atoms with Gasteiger partial charge in [0.2, 0.25) is 5.91 Å². The van der Waals surface area contributed by atoms with E-state index in [-0.39, 0.29) is 29.2 Å². The number of halogens is 2. The number of carbonyl (C=O) groups excluding carboxylic acids is 2. The van der Waals surface area contributed by atoms with Crippen molar-refractivity contribution in [1.82, 2.24) is 20.4 Å². The van der Waals surface area contributed by atoms with Crippen LogP contribution in [0.1, 0.15) is 80.6 Å². The predicted octanol–water partition coefficient (Wildman–Crippen LogP) is 2.55. The van der Waals surface area contributed by atoms with Crippen LogP contribution in [0.25, 0.3) is 0 Å². The molecule has 9 nitrogen and oxygen atoms in total. The molecule has 5 heterocycles. The zero-order valence-electron chi connectivity index (χ0n) is 25.6. The van der Waals surface area contributed by atoms with Gasteiger partial charge in [0.25, 0.3) is 5.91 Å². The van der Waals surface area contributed by atoms with Gasteiger partial charge >= 0.3 is 0 Å². The first-order chi connectivity index (χ1) is 20.6. The fourth-order valence-electron chi connectivity index (χ4n) is 7.51. The van der Waals surface area contributed by atoms with Crippen LogP contribution in [0.4, 0.5) is 8.78 Å². The van der Waals surface area contributed by atoms with E-state index in [1.807, 2.05) is 4.90 Å². The molecule has 0 aromatic heterocycles. The molecule has 238 valence electrons. The molecule has 2 bridgehead atoms. The van der Waals surface area contributed by atoms with Crippen molar-refractivity contribution < 1.29 is 18.4 Å².